The van der Waals surface area contributed by atoms with Crippen LogP contribution in [0.3, 0.4) is 0 Å². The SMILES string of the molecule is CCCCCCNC(=O)c1ccc(C)n1C. The Balaban J connectivity index is 2.33. The third-order valence-electron chi connectivity index (χ3n) is 2.92. The molecular formula is C13H22N2O. The predicted octanol–water partition coefficient (Wildman–Crippen LogP) is 2.64. The van der Waals surface area contributed by atoms with Gasteiger partial charge in [-0.1, -0.05) is 26.2 Å². The third kappa shape index (κ3) is 3.40. The van der Waals surface area contributed by atoms with Crippen LogP contribution >= 0.6 is 0 Å². The first-order chi connectivity index (χ1) is 7.66. The van der Waals surface area contributed by atoms with Gasteiger partial charge < -0.3 is 9.88 Å². The summed E-state index contributed by atoms with van der Waals surface area (Å²) in [5.41, 5.74) is 1.85. The second kappa shape index (κ2) is 6.36. The molecule has 3 nitrogen and oxygen atoms in total. The molecule has 1 aromatic heterocycles. The number of aryl methyl sites for hydroxylation is 1. The zero-order chi connectivity index (χ0) is 12.0. The van der Waals surface area contributed by atoms with E-state index >= 15 is 0 Å². The van der Waals surface area contributed by atoms with E-state index in [1.54, 1.807) is 0 Å². The summed E-state index contributed by atoms with van der Waals surface area (Å²) in [7, 11) is 1.92. The van der Waals surface area contributed by atoms with Crippen LogP contribution in [0.25, 0.3) is 0 Å². The summed E-state index contributed by atoms with van der Waals surface area (Å²) in [4.78, 5) is 11.8. The van der Waals surface area contributed by atoms with E-state index in [0.29, 0.717) is 0 Å². The molecule has 0 saturated heterocycles. The van der Waals surface area contributed by atoms with Crippen molar-refractivity contribution in [1.82, 2.24) is 9.88 Å². The van der Waals surface area contributed by atoms with Crippen molar-refractivity contribution in [1.29, 1.82) is 0 Å². The highest BCUT2D eigenvalue weighted by atomic mass is 16.1. The van der Waals surface area contributed by atoms with Gasteiger partial charge in [-0.25, -0.2) is 0 Å². The number of nitrogens with one attached hydrogen (secondary N) is 1. The molecule has 0 aromatic carbocycles. The van der Waals surface area contributed by atoms with Gasteiger partial charge in [-0.05, 0) is 25.5 Å². The van der Waals surface area contributed by atoms with Gasteiger partial charge in [0.25, 0.3) is 5.91 Å². The fraction of sp³-hybridized carbons (Fsp3) is 0.615. The average molecular weight is 222 g/mol. The molecule has 1 aromatic rings. The fourth-order valence-corrected chi connectivity index (χ4v) is 1.69. The summed E-state index contributed by atoms with van der Waals surface area (Å²) in [5, 5.41) is 2.95. The van der Waals surface area contributed by atoms with Crippen molar-refractivity contribution >= 4 is 5.91 Å². The molecule has 0 saturated carbocycles. The molecule has 3 heteroatoms. The number of amides is 1. The first kappa shape index (κ1) is 12.8. The lowest BCUT2D eigenvalue weighted by Gasteiger charge is -2.06. The van der Waals surface area contributed by atoms with E-state index in [2.05, 4.69) is 12.2 Å². The Morgan fingerprint density at radius 2 is 2.06 bits per heavy atom. The molecule has 0 fully saturated rings. The van der Waals surface area contributed by atoms with Gasteiger partial charge in [-0.2, -0.15) is 0 Å². The Morgan fingerprint density at radius 1 is 1.31 bits per heavy atom. The van der Waals surface area contributed by atoms with Crippen LogP contribution in [0.15, 0.2) is 12.1 Å². The van der Waals surface area contributed by atoms with Gasteiger partial charge >= 0.3 is 0 Å². The van der Waals surface area contributed by atoms with E-state index in [1.807, 2.05) is 30.7 Å². The molecule has 0 spiro atoms. The molecule has 0 aliphatic heterocycles. The van der Waals surface area contributed by atoms with Crippen LogP contribution < -0.4 is 5.32 Å². The van der Waals surface area contributed by atoms with Crippen molar-refractivity contribution in [2.45, 2.75) is 39.5 Å². The van der Waals surface area contributed by atoms with Crippen LogP contribution in [0.1, 0.15) is 48.8 Å². The maximum absolute atomic E-state index is 11.8. The summed E-state index contributed by atoms with van der Waals surface area (Å²) in [6, 6.07) is 3.84. The third-order valence-corrected chi connectivity index (χ3v) is 2.92. The molecule has 0 radical (unpaired) electrons. The minimum absolute atomic E-state index is 0.0344. The second-order valence-electron chi connectivity index (χ2n) is 4.24. The molecule has 1 N–H and O–H groups in total. The number of hydrogen-bond acceptors (Lipinski definition) is 1. The smallest absolute Gasteiger partial charge is 0.267 e. The van der Waals surface area contributed by atoms with Crippen LogP contribution in [-0.2, 0) is 7.05 Å². The van der Waals surface area contributed by atoms with Crippen LogP contribution in [0.4, 0.5) is 0 Å². The van der Waals surface area contributed by atoms with Gasteiger partial charge in [0.1, 0.15) is 5.69 Å². The molecule has 0 atom stereocenters. The van der Waals surface area contributed by atoms with Crippen LogP contribution in [-0.4, -0.2) is 17.0 Å². The molecule has 0 bridgehead atoms. The lowest BCUT2D eigenvalue weighted by Crippen LogP contribution is -2.26. The van der Waals surface area contributed by atoms with Crippen molar-refractivity contribution < 1.29 is 4.79 Å². The Hall–Kier alpha value is -1.25. The highest BCUT2D eigenvalue weighted by Gasteiger charge is 2.09. The predicted molar refractivity (Wildman–Crippen MR) is 66.6 cm³/mol. The van der Waals surface area contributed by atoms with E-state index in [9.17, 15) is 4.79 Å². The first-order valence-electron chi connectivity index (χ1n) is 6.07. The monoisotopic (exact) mass is 222 g/mol. The Morgan fingerprint density at radius 3 is 2.62 bits per heavy atom. The van der Waals surface area contributed by atoms with Crippen molar-refractivity contribution in [3.8, 4) is 0 Å². The molecule has 0 unspecified atom stereocenters. The number of carbonyl (C=O) groups excluding carboxylic acids is 1. The average Bonchev–Trinajstić information content (AvgIpc) is 2.59. The Bertz CT molecular complexity index is 342. The van der Waals surface area contributed by atoms with Crippen molar-refractivity contribution in [3.05, 3.63) is 23.5 Å². The van der Waals surface area contributed by atoms with Gasteiger partial charge in [-0.3, -0.25) is 4.79 Å². The second-order valence-corrected chi connectivity index (χ2v) is 4.24. The largest absolute Gasteiger partial charge is 0.351 e. The first-order valence-corrected chi connectivity index (χ1v) is 6.07. The van der Waals surface area contributed by atoms with Crippen molar-refractivity contribution in [2.75, 3.05) is 6.54 Å². The van der Waals surface area contributed by atoms with Gasteiger partial charge in [0.15, 0.2) is 0 Å². The molecular weight excluding hydrogens is 200 g/mol. The highest BCUT2D eigenvalue weighted by molar-refractivity contribution is 5.92. The summed E-state index contributed by atoms with van der Waals surface area (Å²) in [5.74, 6) is 0.0344. The minimum Gasteiger partial charge on any atom is -0.351 e. The van der Waals surface area contributed by atoms with Crippen LogP contribution in [0.2, 0.25) is 0 Å². The molecule has 1 rings (SSSR count). The van der Waals surface area contributed by atoms with E-state index in [1.165, 1.54) is 19.3 Å². The lowest BCUT2D eigenvalue weighted by molar-refractivity contribution is 0.0944. The summed E-state index contributed by atoms with van der Waals surface area (Å²) in [6.45, 7) is 4.96. The van der Waals surface area contributed by atoms with Gasteiger partial charge in [-0.15, -0.1) is 0 Å². The van der Waals surface area contributed by atoms with Crippen molar-refractivity contribution in [3.63, 3.8) is 0 Å². The molecule has 0 aliphatic carbocycles. The Labute approximate surface area is 97.8 Å². The van der Waals surface area contributed by atoms with Crippen LogP contribution in [0.5, 0.6) is 0 Å². The minimum atomic E-state index is 0.0344. The maximum atomic E-state index is 11.8. The van der Waals surface area contributed by atoms with E-state index in [-0.39, 0.29) is 5.91 Å². The highest BCUT2D eigenvalue weighted by Crippen LogP contribution is 2.05. The number of unbranched alkanes of at least 4 members (excludes halogenated alkanes) is 3. The molecule has 16 heavy (non-hydrogen) atoms. The van der Waals surface area contributed by atoms with E-state index in [0.717, 1.165) is 24.4 Å². The lowest BCUT2D eigenvalue weighted by atomic mass is 10.2. The van der Waals surface area contributed by atoms with Crippen LogP contribution in [0, 0.1) is 6.92 Å². The normalized spacial score (nSPS) is 10.4. The number of rotatable bonds is 6. The number of nitrogens with zero attached hydrogens (tertiary/aromatic N) is 1. The zero-order valence-corrected chi connectivity index (χ0v) is 10.5. The standard InChI is InChI=1S/C13H22N2O/c1-4-5-6-7-10-14-13(16)12-9-8-11(2)15(12)3/h8-9H,4-7,10H2,1-3H3,(H,14,16). The molecule has 1 heterocycles. The number of hydrogen-bond donors (Lipinski definition) is 1. The molecule has 1 amide bonds. The number of carbonyl (C=O) groups is 1. The quantitative estimate of drug-likeness (QED) is 0.738. The summed E-state index contributed by atoms with van der Waals surface area (Å²) in [6.07, 6.45) is 4.75. The maximum Gasteiger partial charge on any atom is 0.267 e. The summed E-state index contributed by atoms with van der Waals surface area (Å²) < 4.78 is 1.92. The van der Waals surface area contributed by atoms with Gasteiger partial charge in [0.05, 0.1) is 0 Å². The molecule has 90 valence electrons. The van der Waals surface area contributed by atoms with Gasteiger partial charge in [0.2, 0.25) is 0 Å². The van der Waals surface area contributed by atoms with E-state index < -0.39 is 0 Å². The summed E-state index contributed by atoms with van der Waals surface area (Å²) >= 11 is 0. The molecule has 0 aliphatic rings. The van der Waals surface area contributed by atoms with Crippen molar-refractivity contribution in [2.24, 2.45) is 7.05 Å². The Kier molecular flexibility index (Phi) is 5.09. The number of aromatic nitrogens is 1. The zero-order valence-electron chi connectivity index (χ0n) is 10.5. The van der Waals surface area contributed by atoms with Gasteiger partial charge in [0, 0.05) is 19.3 Å². The van der Waals surface area contributed by atoms with E-state index in [4.69, 9.17) is 0 Å². The fourth-order valence-electron chi connectivity index (χ4n) is 1.69. The topological polar surface area (TPSA) is 34.0 Å².